The van der Waals surface area contributed by atoms with Gasteiger partial charge in [0.05, 0.1) is 18.4 Å². The lowest BCUT2D eigenvalue weighted by molar-refractivity contribution is 0.0502. The second kappa shape index (κ2) is 6.32. The van der Waals surface area contributed by atoms with Gasteiger partial charge in [-0.1, -0.05) is 18.2 Å². The molecule has 1 fully saturated rings. The highest BCUT2D eigenvalue weighted by atomic mass is 16.2. The van der Waals surface area contributed by atoms with Crippen molar-refractivity contribution in [3.63, 3.8) is 0 Å². The molecule has 0 atom stereocenters. The average Bonchev–Trinajstić information content (AvgIpc) is 3.21. The minimum Gasteiger partial charge on any atom is -0.334 e. The number of hydrogen-bond donors (Lipinski definition) is 0. The molecule has 2 aromatic heterocycles. The number of rotatable bonds is 3. The summed E-state index contributed by atoms with van der Waals surface area (Å²) in [5.74, 6) is 0.0720. The predicted octanol–water partition coefficient (Wildman–Crippen LogP) is 3.19. The summed E-state index contributed by atoms with van der Waals surface area (Å²) in [5, 5.41) is 14.1. The molecular weight excluding hydrogens is 338 g/mol. The third kappa shape index (κ3) is 2.85. The van der Waals surface area contributed by atoms with Crippen LogP contribution in [-0.4, -0.2) is 43.9 Å². The normalized spacial score (nSPS) is 14.3. The molecule has 0 spiro atoms. The van der Waals surface area contributed by atoms with Gasteiger partial charge in [0, 0.05) is 36.6 Å². The lowest BCUT2D eigenvalue weighted by Gasteiger charge is -2.39. The van der Waals surface area contributed by atoms with Crippen LogP contribution in [0.15, 0.2) is 73.3 Å². The summed E-state index contributed by atoms with van der Waals surface area (Å²) in [5.41, 5.74) is 2.83. The van der Waals surface area contributed by atoms with Crippen LogP contribution in [0.3, 0.4) is 0 Å². The molecule has 1 aliphatic heterocycles. The Morgan fingerprint density at radius 2 is 1.78 bits per heavy atom. The third-order valence-corrected chi connectivity index (χ3v) is 5.05. The Labute approximate surface area is 156 Å². The topological polar surface area (TPSA) is 63.9 Å². The maximum Gasteiger partial charge on any atom is 0.254 e. The van der Waals surface area contributed by atoms with Crippen molar-refractivity contribution in [3.8, 4) is 11.1 Å². The average molecular weight is 355 g/mol. The predicted molar refractivity (Wildman–Crippen MR) is 102 cm³/mol. The zero-order valence-electron chi connectivity index (χ0n) is 14.6. The van der Waals surface area contributed by atoms with Crippen LogP contribution < -0.4 is 0 Å². The van der Waals surface area contributed by atoms with Crippen molar-refractivity contribution in [2.75, 3.05) is 13.1 Å². The maximum absolute atomic E-state index is 12.8. The van der Waals surface area contributed by atoms with E-state index in [0.29, 0.717) is 13.1 Å². The van der Waals surface area contributed by atoms with Gasteiger partial charge in [-0.3, -0.25) is 9.48 Å². The van der Waals surface area contributed by atoms with Gasteiger partial charge in [-0.05, 0) is 46.7 Å². The van der Waals surface area contributed by atoms with Crippen LogP contribution in [0.2, 0.25) is 0 Å². The van der Waals surface area contributed by atoms with Crippen LogP contribution in [0, 0.1) is 0 Å². The van der Waals surface area contributed by atoms with Crippen molar-refractivity contribution in [1.29, 1.82) is 0 Å². The van der Waals surface area contributed by atoms with Gasteiger partial charge in [-0.25, -0.2) is 0 Å². The fourth-order valence-corrected chi connectivity index (χ4v) is 3.49. The summed E-state index contributed by atoms with van der Waals surface area (Å²) in [7, 11) is 0. The zero-order chi connectivity index (χ0) is 18.2. The van der Waals surface area contributed by atoms with Gasteiger partial charge in [-0.2, -0.15) is 15.3 Å². The number of carbonyl (C=O) groups is 1. The molecule has 1 amide bonds. The molecule has 6 nitrogen and oxygen atoms in total. The first kappa shape index (κ1) is 15.7. The fourth-order valence-electron chi connectivity index (χ4n) is 3.49. The van der Waals surface area contributed by atoms with Crippen LogP contribution in [-0.2, 0) is 0 Å². The number of aromatic nitrogens is 4. The van der Waals surface area contributed by atoms with Crippen molar-refractivity contribution in [2.45, 2.75) is 6.04 Å². The molecule has 5 rings (SSSR count). The van der Waals surface area contributed by atoms with E-state index in [0.717, 1.165) is 27.5 Å². The summed E-state index contributed by atoms with van der Waals surface area (Å²) >= 11 is 0. The highest BCUT2D eigenvalue weighted by Gasteiger charge is 2.32. The summed E-state index contributed by atoms with van der Waals surface area (Å²) in [6.07, 6.45) is 7.15. The van der Waals surface area contributed by atoms with Gasteiger partial charge in [0.25, 0.3) is 5.91 Å². The van der Waals surface area contributed by atoms with Gasteiger partial charge in [0.2, 0.25) is 0 Å². The second-order valence-electron chi connectivity index (χ2n) is 6.76. The Bertz CT molecular complexity index is 1100. The van der Waals surface area contributed by atoms with E-state index in [-0.39, 0.29) is 11.9 Å². The van der Waals surface area contributed by atoms with Crippen LogP contribution in [0.4, 0.5) is 0 Å². The molecule has 0 saturated carbocycles. The van der Waals surface area contributed by atoms with Crippen molar-refractivity contribution < 1.29 is 4.79 Å². The first-order chi connectivity index (χ1) is 13.3. The monoisotopic (exact) mass is 355 g/mol. The van der Waals surface area contributed by atoms with Gasteiger partial charge < -0.3 is 4.90 Å². The maximum atomic E-state index is 12.8. The number of fused-ring (bicyclic) bond motifs is 1. The minimum atomic E-state index is 0.0720. The highest BCUT2D eigenvalue weighted by Crippen LogP contribution is 2.27. The number of nitrogens with zero attached hydrogens (tertiary/aromatic N) is 5. The Morgan fingerprint density at radius 1 is 0.926 bits per heavy atom. The van der Waals surface area contributed by atoms with Crippen LogP contribution in [0.1, 0.15) is 16.4 Å². The fraction of sp³-hybridized carbons (Fsp3) is 0.143. The molecule has 0 unspecified atom stereocenters. The van der Waals surface area contributed by atoms with E-state index in [2.05, 4.69) is 21.4 Å². The number of carbonyl (C=O) groups excluding carboxylic acids is 1. The zero-order valence-corrected chi connectivity index (χ0v) is 14.6. The molecule has 0 bridgehead atoms. The van der Waals surface area contributed by atoms with Crippen LogP contribution >= 0.6 is 0 Å². The Balaban J connectivity index is 1.36. The standard InChI is InChI=1S/C21H17N5O/c27-21(25-13-20(14-25)26-9-1-7-24-26)18-5-4-15-10-17(3-2-16(15)11-18)19-6-8-22-23-12-19/h1-12,20H,13-14H2. The molecule has 2 aromatic carbocycles. The van der Waals surface area contributed by atoms with E-state index >= 15 is 0 Å². The van der Waals surface area contributed by atoms with Gasteiger partial charge in [0.15, 0.2) is 0 Å². The van der Waals surface area contributed by atoms with Crippen molar-refractivity contribution in [1.82, 2.24) is 24.9 Å². The lowest BCUT2D eigenvalue weighted by Crippen LogP contribution is -2.50. The molecule has 3 heterocycles. The van der Waals surface area contributed by atoms with Crippen molar-refractivity contribution in [2.24, 2.45) is 0 Å². The van der Waals surface area contributed by atoms with E-state index in [1.54, 1.807) is 18.6 Å². The first-order valence-electron chi connectivity index (χ1n) is 8.87. The van der Waals surface area contributed by atoms with E-state index in [9.17, 15) is 4.79 Å². The Morgan fingerprint density at radius 3 is 2.56 bits per heavy atom. The van der Waals surface area contributed by atoms with Crippen molar-refractivity contribution in [3.05, 3.63) is 78.9 Å². The minimum absolute atomic E-state index is 0.0720. The molecule has 0 N–H and O–H groups in total. The number of likely N-dealkylation sites (tertiary alicyclic amines) is 1. The summed E-state index contributed by atoms with van der Waals surface area (Å²) in [4.78, 5) is 14.6. The molecule has 0 radical (unpaired) electrons. The Hall–Kier alpha value is -3.54. The van der Waals surface area contributed by atoms with E-state index in [4.69, 9.17) is 0 Å². The lowest BCUT2D eigenvalue weighted by atomic mass is 10.00. The molecule has 132 valence electrons. The van der Waals surface area contributed by atoms with Gasteiger partial charge >= 0.3 is 0 Å². The van der Waals surface area contributed by atoms with E-state index in [1.807, 2.05) is 58.2 Å². The summed E-state index contributed by atoms with van der Waals surface area (Å²) in [6.45, 7) is 1.40. The molecule has 27 heavy (non-hydrogen) atoms. The quantitative estimate of drug-likeness (QED) is 0.566. The van der Waals surface area contributed by atoms with Crippen molar-refractivity contribution >= 4 is 16.7 Å². The first-order valence-corrected chi connectivity index (χ1v) is 8.87. The third-order valence-electron chi connectivity index (χ3n) is 5.05. The van der Waals surface area contributed by atoms with E-state index in [1.165, 1.54) is 0 Å². The number of amides is 1. The molecule has 4 aromatic rings. The number of hydrogen-bond acceptors (Lipinski definition) is 4. The van der Waals surface area contributed by atoms with Gasteiger partial charge in [-0.15, -0.1) is 0 Å². The summed E-state index contributed by atoms with van der Waals surface area (Å²) < 4.78 is 1.92. The van der Waals surface area contributed by atoms with Crippen LogP contribution in [0.25, 0.3) is 21.9 Å². The van der Waals surface area contributed by atoms with E-state index < -0.39 is 0 Å². The number of benzene rings is 2. The SMILES string of the molecule is O=C(c1ccc2cc(-c3ccnnc3)ccc2c1)N1CC(n2cccn2)C1. The summed E-state index contributed by atoms with van der Waals surface area (Å²) in [6, 6.07) is 16.2. The van der Waals surface area contributed by atoms with Crippen LogP contribution in [0.5, 0.6) is 0 Å². The van der Waals surface area contributed by atoms with Gasteiger partial charge in [0.1, 0.15) is 0 Å². The second-order valence-corrected chi connectivity index (χ2v) is 6.76. The molecule has 1 aliphatic rings. The largest absolute Gasteiger partial charge is 0.334 e. The Kier molecular flexibility index (Phi) is 3.67. The molecule has 1 saturated heterocycles. The smallest absolute Gasteiger partial charge is 0.254 e. The molecular formula is C21H17N5O. The molecule has 0 aliphatic carbocycles. The highest BCUT2D eigenvalue weighted by molar-refractivity contribution is 5.99. The molecule has 6 heteroatoms.